The molecule has 0 amide bonds. The molecule has 0 bridgehead atoms. The molecule has 0 aromatic carbocycles. The van der Waals surface area contributed by atoms with Gasteiger partial charge in [0.25, 0.3) is 5.56 Å². The van der Waals surface area contributed by atoms with E-state index in [2.05, 4.69) is 24.0 Å². The third-order valence-corrected chi connectivity index (χ3v) is 3.57. The van der Waals surface area contributed by atoms with Gasteiger partial charge in [0.05, 0.1) is 11.8 Å². The molecular formula is C19H29N3O2. The third-order valence-electron chi connectivity index (χ3n) is 3.57. The fourth-order valence-corrected chi connectivity index (χ4v) is 1.86. The van der Waals surface area contributed by atoms with Gasteiger partial charge < -0.3 is 9.30 Å². The highest BCUT2D eigenvalue weighted by Gasteiger charge is 2.01. The second-order valence-corrected chi connectivity index (χ2v) is 5.94. The number of rotatable bonds is 6. The molecule has 0 aliphatic rings. The Morgan fingerprint density at radius 3 is 2.46 bits per heavy atom. The highest BCUT2D eigenvalue weighted by atomic mass is 16.5. The normalized spacial score (nSPS) is 11.4. The molecule has 2 aromatic rings. The first kappa shape index (κ1) is 19.9. The van der Waals surface area contributed by atoms with Crippen LogP contribution >= 0.6 is 0 Å². The Morgan fingerprint density at radius 2 is 1.92 bits per heavy atom. The van der Waals surface area contributed by atoms with Crippen LogP contribution in [0.25, 0.3) is 0 Å². The van der Waals surface area contributed by atoms with Crippen molar-refractivity contribution in [1.82, 2.24) is 14.8 Å². The van der Waals surface area contributed by atoms with Crippen molar-refractivity contribution in [3.8, 4) is 5.88 Å². The van der Waals surface area contributed by atoms with Crippen LogP contribution in [0.5, 0.6) is 5.88 Å². The van der Waals surface area contributed by atoms with Gasteiger partial charge in [-0.05, 0) is 51.3 Å². The molecule has 132 valence electrons. The molecule has 0 spiro atoms. The van der Waals surface area contributed by atoms with Crippen molar-refractivity contribution in [3.63, 3.8) is 0 Å². The molecule has 0 fully saturated rings. The summed E-state index contributed by atoms with van der Waals surface area (Å²) in [5, 5.41) is 7.79. The molecule has 2 aromatic heterocycles. The number of hydrogen-bond acceptors (Lipinski definition) is 4. The van der Waals surface area contributed by atoms with Gasteiger partial charge in [0.2, 0.25) is 5.88 Å². The molecule has 0 aliphatic heterocycles. The van der Waals surface area contributed by atoms with Gasteiger partial charge in [-0.25, -0.2) is 0 Å². The SMILES string of the molecule is CCC(C)Oc1ccc(C)nn1.CCCCn1ccc(C)cc1=O. The Bertz CT molecular complexity index is 650. The Morgan fingerprint density at radius 1 is 1.17 bits per heavy atom. The number of hydrogen-bond donors (Lipinski definition) is 0. The van der Waals surface area contributed by atoms with Gasteiger partial charge in [-0.1, -0.05) is 20.3 Å². The van der Waals surface area contributed by atoms with E-state index in [0.29, 0.717) is 5.88 Å². The smallest absolute Gasteiger partial charge is 0.250 e. The molecule has 2 heterocycles. The van der Waals surface area contributed by atoms with Crippen molar-refractivity contribution in [3.05, 3.63) is 52.1 Å². The summed E-state index contributed by atoms with van der Waals surface area (Å²) in [6.45, 7) is 10.9. The lowest BCUT2D eigenvalue weighted by atomic mass is 10.3. The number of aryl methyl sites for hydroxylation is 3. The lowest BCUT2D eigenvalue weighted by Crippen LogP contribution is -2.18. The van der Waals surface area contributed by atoms with Crippen molar-refractivity contribution < 1.29 is 4.74 Å². The van der Waals surface area contributed by atoms with Crippen LogP contribution in [0, 0.1) is 13.8 Å². The molecule has 0 N–H and O–H groups in total. The first-order valence-electron chi connectivity index (χ1n) is 8.60. The highest BCUT2D eigenvalue weighted by Crippen LogP contribution is 2.07. The van der Waals surface area contributed by atoms with Gasteiger partial charge in [-0.3, -0.25) is 4.79 Å². The van der Waals surface area contributed by atoms with E-state index in [1.54, 1.807) is 10.6 Å². The van der Waals surface area contributed by atoms with E-state index in [1.807, 2.05) is 45.2 Å². The Kier molecular flexibility index (Phi) is 8.76. The molecule has 1 unspecified atom stereocenters. The lowest BCUT2D eigenvalue weighted by molar-refractivity contribution is 0.206. The van der Waals surface area contributed by atoms with Gasteiger partial charge >= 0.3 is 0 Å². The lowest BCUT2D eigenvalue weighted by Gasteiger charge is -2.10. The molecule has 5 heteroatoms. The summed E-state index contributed by atoms with van der Waals surface area (Å²) >= 11 is 0. The Balaban J connectivity index is 0.000000240. The maximum absolute atomic E-state index is 11.3. The van der Waals surface area contributed by atoms with Crippen molar-refractivity contribution in [2.45, 2.75) is 66.5 Å². The van der Waals surface area contributed by atoms with E-state index in [1.165, 1.54) is 0 Å². The average molecular weight is 331 g/mol. The number of pyridine rings is 1. The summed E-state index contributed by atoms with van der Waals surface area (Å²) < 4.78 is 7.21. The highest BCUT2D eigenvalue weighted by molar-refractivity contribution is 5.10. The van der Waals surface area contributed by atoms with Crippen LogP contribution in [0.4, 0.5) is 0 Å². The minimum absolute atomic E-state index is 0.114. The van der Waals surface area contributed by atoms with Gasteiger partial charge in [0.15, 0.2) is 0 Å². The first-order chi connectivity index (χ1) is 11.5. The molecule has 24 heavy (non-hydrogen) atoms. The van der Waals surface area contributed by atoms with Crippen molar-refractivity contribution in [1.29, 1.82) is 0 Å². The van der Waals surface area contributed by atoms with Crippen LogP contribution in [0.1, 0.15) is 51.3 Å². The molecule has 0 saturated heterocycles. The number of unbranched alkanes of at least 4 members (excludes halogenated alkanes) is 1. The largest absolute Gasteiger partial charge is 0.474 e. The monoisotopic (exact) mass is 331 g/mol. The Hall–Kier alpha value is -2.17. The standard InChI is InChI=1S/C10H15NO.C9H14N2O/c1-3-4-6-11-7-5-9(2)8-10(11)12;1-4-8(3)12-9-6-5-7(2)10-11-9/h5,7-8H,3-4,6H2,1-2H3;5-6,8H,4H2,1-3H3. The van der Waals surface area contributed by atoms with E-state index >= 15 is 0 Å². The van der Waals surface area contributed by atoms with Crippen LogP contribution in [0.15, 0.2) is 35.3 Å². The second kappa shape index (κ2) is 10.6. The number of nitrogens with zero attached hydrogens (tertiary/aromatic N) is 3. The maximum Gasteiger partial charge on any atom is 0.250 e. The molecule has 0 aliphatic carbocycles. The number of ether oxygens (including phenoxy) is 1. The summed E-state index contributed by atoms with van der Waals surface area (Å²) in [6.07, 6.45) is 5.26. The zero-order valence-corrected chi connectivity index (χ0v) is 15.5. The topological polar surface area (TPSA) is 57.0 Å². The maximum atomic E-state index is 11.3. The summed E-state index contributed by atoms with van der Waals surface area (Å²) in [6, 6.07) is 7.38. The quantitative estimate of drug-likeness (QED) is 0.805. The van der Waals surface area contributed by atoms with Crippen LogP contribution in [-0.4, -0.2) is 20.9 Å². The molecular weight excluding hydrogens is 302 g/mol. The zero-order chi connectivity index (χ0) is 17.9. The van der Waals surface area contributed by atoms with Crippen LogP contribution in [-0.2, 0) is 6.54 Å². The molecule has 1 atom stereocenters. The second-order valence-electron chi connectivity index (χ2n) is 5.94. The zero-order valence-electron chi connectivity index (χ0n) is 15.5. The van der Waals surface area contributed by atoms with Crippen molar-refractivity contribution in [2.24, 2.45) is 0 Å². The van der Waals surface area contributed by atoms with E-state index < -0.39 is 0 Å². The average Bonchev–Trinajstić information content (AvgIpc) is 2.57. The minimum atomic E-state index is 0.114. The van der Waals surface area contributed by atoms with E-state index in [-0.39, 0.29) is 11.7 Å². The minimum Gasteiger partial charge on any atom is -0.474 e. The Labute approximate surface area is 144 Å². The molecule has 2 rings (SSSR count). The van der Waals surface area contributed by atoms with E-state index in [0.717, 1.165) is 37.1 Å². The van der Waals surface area contributed by atoms with Crippen LogP contribution in [0.2, 0.25) is 0 Å². The molecule has 5 nitrogen and oxygen atoms in total. The molecule has 0 radical (unpaired) electrons. The van der Waals surface area contributed by atoms with Gasteiger partial charge in [0, 0.05) is 24.9 Å². The fraction of sp³-hybridized carbons (Fsp3) is 0.526. The van der Waals surface area contributed by atoms with E-state index in [9.17, 15) is 4.79 Å². The predicted molar refractivity (Wildman–Crippen MR) is 97.5 cm³/mol. The molecule has 0 saturated carbocycles. The van der Waals surface area contributed by atoms with Crippen LogP contribution < -0.4 is 10.3 Å². The predicted octanol–water partition coefficient (Wildman–Crippen LogP) is 3.92. The first-order valence-corrected chi connectivity index (χ1v) is 8.60. The summed E-state index contributed by atoms with van der Waals surface area (Å²) in [4.78, 5) is 11.3. The summed E-state index contributed by atoms with van der Waals surface area (Å²) in [7, 11) is 0. The van der Waals surface area contributed by atoms with Crippen molar-refractivity contribution in [2.75, 3.05) is 0 Å². The van der Waals surface area contributed by atoms with Gasteiger partial charge in [-0.15, -0.1) is 5.10 Å². The third kappa shape index (κ3) is 7.40. The van der Waals surface area contributed by atoms with E-state index in [4.69, 9.17) is 4.74 Å². The van der Waals surface area contributed by atoms with Gasteiger partial charge in [-0.2, -0.15) is 5.10 Å². The number of aromatic nitrogens is 3. The fourth-order valence-electron chi connectivity index (χ4n) is 1.86. The summed E-state index contributed by atoms with van der Waals surface area (Å²) in [5.41, 5.74) is 2.06. The summed E-state index contributed by atoms with van der Waals surface area (Å²) in [5.74, 6) is 0.606. The van der Waals surface area contributed by atoms with Gasteiger partial charge in [0.1, 0.15) is 0 Å². The van der Waals surface area contributed by atoms with Crippen LogP contribution in [0.3, 0.4) is 0 Å². The van der Waals surface area contributed by atoms with Crippen molar-refractivity contribution >= 4 is 0 Å².